The molecule has 0 spiro atoms. The van der Waals surface area contributed by atoms with Crippen LogP contribution in [0.25, 0.3) is 5.69 Å². The molecule has 0 radical (unpaired) electrons. The van der Waals surface area contributed by atoms with Crippen LogP contribution in [0.1, 0.15) is 25.3 Å². The van der Waals surface area contributed by atoms with Crippen molar-refractivity contribution in [3.8, 4) is 22.9 Å². The monoisotopic (exact) mass is 633 g/mol. The number of piperazine rings is 1. The molecule has 0 N–H and O–H groups in total. The molecule has 0 atom stereocenters. The molecule has 1 aromatic heterocycles. The van der Waals surface area contributed by atoms with Crippen LogP contribution in [0.4, 0.5) is 11.4 Å². The smallest absolute Gasteiger partial charge is 0.316 e. The first-order valence-electron chi connectivity index (χ1n) is 13.6. The number of methoxy groups -OCH3 is 2. The number of sulfonamides is 1. The van der Waals surface area contributed by atoms with Crippen molar-refractivity contribution in [3.63, 3.8) is 0 Å². The summed E-state index contributed by atoms with van der Waals surface area (Å²) < 4.78 is 45.9. The van der Waals surface area contributed by atoms with Crippen LogP contribution in [-0.4, -0.2) is 74.4 Å². The van der Waals surface area contributed by atoms with Crippen molar-refractivity contribution in [1.29, 1.82) is 0 Å². The van der Waals surface area contributed by atoms with E-state index in [2.05, 4.69) is 12.0 Å². The summed E-state index contributed by atoms with van der Waals surface area (Å²) in [4.78, 5) is 26.6. The van der Waals surface area contributed by atoms with Crippen LogP contribution in [0.15, 0.2) is 47.4 Å². The lowest BCUT2D eigenvalue weighted by molar-refractivity contribution is -0.386. The van der Waals surface area contributed by atoms with Gasteiger partial charge in [0.1, 0.15) is 11.4 Å². The van der Waals surface area contributed by atoms with E-state index in [0.29, 0.717) is 23.0 Å². The molecule has 2 aromatic carbocycles. The van der Waals surface area contributed by atoms with E-state index in [4.69, 9.17) is 25.8 Å². The van der Waals surface area contributed by atoms with Gasteiger partial charge in [-0.2, -0.15) is 14.1 Å². The average molecular weight is 634 g/mol. The van der Waals surface area contributed by atoms with Crippen LogP contribution in [0.3, 0.4) is 0 Å². The Labute approximate surface area is 253 Å². The lowest BCUT2D eigenvalue weighted by Crippen LogP contribution is -2.49. The molecule has 13 nitrogen and oxygen atoms in total. The van der Waals surface area contributed by atoms with Crippen LogP contribution >= 0.6 is 11.6 Å². The molecule has 0 unspecified atom stereocenters. The number of nitro benzene ring substituents is 1. The predicted octanol–water partition coefficient (Wildman–Crippen LogP) is 3.64. The molecular formula is C28H32ClN5O8S. The third kappa shape index (κ3) is 6.55. The molecule has 2 aliphatic rings. The minimum absolute atomic E-state index is 0.00600. The van der Waals surface area contributed by atoms with Crippen LogP contribution in [0.5, 0.6) is 17.2 Å². The van der Waals surface area contributed by atoms with E-state index in [0.717, 1.165) is 12.8 Å². The van der Waals surface area contributed by atoms with Gasteiger partial charge in [0, 0.05) is 42.7 Å². The maximum atomic E-state index is 13.6. The normalized spacial score (nSPS) is 16.5. The number of rotatable bonds is 11. The molecule has 0 bridgehead atoms. The van der Waals surface area contributed by atoms with Crippen LogP contribution < -0.4 is 24.7 Å². The largest absolute Gasteiger partial charge is 0.497 e. The zero-order chi connectivity index (χ0) is 30.9. The highest BCUT2D eigenvalue weighted by Crippen LogP contribution is 2.45. The van der Waals surface area contributed by atoms with Gasteiger partial charge in [-0.25, -0.2) is 8.42 Å². The number of ether oxygens (including phenoxy) is 3. The Bertz CT molecular complexity index is 1700. The van der Waals surface area contributed by atoms with Gasteiger partial charge < -0.3 is 19.1 Å². The molecule has 1 saturated heterocycles. The minimum atomic E-state index is -3.97. The first-order chi connectivity index (χ1) is 20.4. The van der Waals surface area contributed by atoms with E-state index in [1.165, 1.54) is 35.3 Å². The van der Waals surface area contributed by atoms with Crippen molar-refractivity contribution < 1.29 is 27.6 Å². The zero-order valence-electron chi connectivity index (χ0n) is 24.0. The third-order valence-corrected chi connectivity index (χ3v) is 9.78. The predicted molar refractivity (Wildman–Crippen MR) is 160 cm³/mol. The SMILES string of the molecule is COc1cc(CS(=O)(=O)N2CCN(c3cnn(-c4cccc(Cl)c4)c(=O)c3OCC3(C)CC3)CC2)c([N+](=O)[O-])c(OC)c1. The molecule has 1 saturated carbocycles. The molecule has 3 aromatic rings. The number of nitrogens with zero attached hydrogens (tertiary/aromatic N) is 5. The number of hydrogen-bond acceptors (Lipinski definition) is 10. The van der Waals surface area contributed by atoms with Crippen molar-refractivity contribution in [3.05, 3.63) is 73.6 Å². The van der Waals surface area contributed by atoms with Crippen molar-refractivity contribution in [2.24, 2.45) is 5.41 Å². The van der Waals surface area contributed by atoms with Gasteiger partial charge in [-0.15, -0.1) is 0 Å². The summed E-state index contributed by atoms with van der Waals surface area (Å²) in [6, 6.07) is 9.45. The molecule has 1 aliphatic heterocycles. The number of aromatic nitrogens is 2. The second kappa shape index (κ2) is 12.0. The molecule has 230 valence electrons. The Balaban J connectivity index is 1.38. The molecule has 43 heavy (non-hydrogen) atoms. The van der Waals surface area contributed by atoms with Gasteiger partial charge in [0.25, 0.3) is 0 Å². The highest BCUT2D eigenvalue weighted by Gasteiger charge is 2.39. The van der Waals surface area contributed by atoms with Gasteiger partial charge in [0.2, 0.25) is 21.5 Å². The lowest BCUT2D eigenvalue weighted by atomic mass is 10.1. The summed E-state index contributed by atoms with van der Waals surface area (Å²) in [5.74, 6) is -0.323. The fraction of sp³-hybridized carbons (Fsp3) is 0.429. The van der Waals surface area contributed by atoms with Gasteiger partial charge in [0.15, 0.2) is 0 Å². The Morgan fingerprint density at radius 3 is 2.42 bits per heavy atom. The van der Waals surface area contributed by atoms with Crippen molar-refractivity contribution in [2.45, 2.75) is 25.5 Å². The molecule has 15 heteroatoms. The fourth-order valence-electron chi connectivity index (χ4n) is 4.91. The standard InChI is InChI=1S/C28H32ClN5O8S/c1-28(7-8-28)18-42-26-23(16-30-33(27(26)35)21-6-4-5-20(29)14-21)31-9-11-32(12-10-31)43(38,39)17-19-13-22(40-2)15-24(41-3)25(19)34(36)37/h4-6,13-16H,7-12,17-18H2,1-3H3. The summed E-state index contributed by atoms with van der Waals surface area (Å²) in [6.07, 6.45) is 3.55. The number of nitro groups is 1. The first kappa shape index (κ1) is 30.6. The zero-order valence-corrected chi connectivity index (χ0v) is 25.6. The lowest BCUT2D eigenvalue weighted by Gasteiger charge is -2.35. The van der Waals surface area contributed by atoms with E-state index in [1.807, 2.05) is 4.90 Å². The molecular weight excluding hydrogens is 602 g/mol. The van der Waals surface area contributed by atoms with E-state index < -0.39 is 31.9 Å². The van der Waals surface area contributed by atoms with E-state index in [-0.39, 0.29) is 54.4 Å². The Morgan fingerprint density at radius 2 is 1.81 bits per heavy atom. The van der Waals surface area contributed by atoms with Gasteiger partial charge >= 0.3 is 11.2 Å². The number of halogens is 1. The third-order valence-electron chi connectivity index (χ3n) is 7.71. The van der Waals surface area contributed by atoms with E-state index in [1.54, 1.807) is 30.5 Å². The summed E-state index contributed by atoms with van der Waals surface area (Å²) in [7, 11) is -1.32. The van der Waals surface area contributed by atoms with Gasteiger partial charge in [-0.05, 0) is 37.1 Å². The Kier molecular flexibility index (Phi) is 8.54. The Morgan fingerprint density at radius 1 is 1.09 bits per heavy atom. The maximum absolute atomic E-state index is 13.6. The number of hydrogen-bond donors (Lipinski definition) is 0. The Hall–Kier alpha value is -3.88. The molecule has 0 amide bonds. The van der Waals surface area contributed by atoms with E-state index in [9.17, 15) is 23.3 Å². The van der Waals surface area contributed by atoms with Crippen molar-refractivity contribution in [1.82, 2.24) is 14.1 Å². The van der Waals surface area contributed by atoms with Crippen LogP contribution in [-0.2, 0) is 15.8 Å². The molecule has 5 rings (SSSR count). The second-order valence-corrected chi connectivity index (χ2v) is 13.3. The summed E-state index contributed by atoms with van der Waals surface area (Å²) in [5, 5.41) is 16.6. The minimum Gasteiger partial charge on any atom is -0.497 e. The summed E-state index contributed by atoms with van der Waals surface area (Å²) in [6.45, 7) is 3.13. The molecule has 2 fully saturated rings. The van der Waals surface area contributed by atoms with E-state index >= 15 is 0 Å². The van der Waals surface area contributed by atoms with Crippen molar-refractivity contribution in [2.75, 3.05) is 51.9 Å². The quantitative estimate of drug-likeness (QED) is 0.226. The fourth-order valence-corrected chi connectivity index (χ4v) is 6.61. The molecule has 1 aliphatic carbocycles. The first-order valence-corrected chi connectivity index (χ1v) is 15.6. The molecule has 2 heterocycles. The number of benzene rings is 2. The average Bonchev–Trinajstić information content (AvgIpc) is 3.72. The highest BCUT2D eigenvalue weighted by molar-refractivity contribution is 7.88. The van der Waals surface area contributed by atoms with Gasteiger partial charge in [-0.3, -0.25) is 14.9 Å². The summed E-state index contributed by atoms with van der Waals surface area (Å²) >= 11 is 6.14. The van der Waals surface area contributed by atoms with Crippen LogP contribution in [0, 0.1) is 15.5 Å². The van der Waals surface area contributed by atoms with Crippen LogP contribution in [0.2, 0.25) is 5.02 Å². The summed E-state index contributed by atoms with van der Waals surface area (Å²) in [5.41, 5.74) is 0.0537. The van der Waals surface area contributed by atoms with Gasteiger partial charge in [-0.1, -0.05) is 24.6 Å². The van der Waals surface area contributed by atoms with Crippen molar-refractivity contribution >= 4 is 33.0 Å². The number of anilines is 1. The van der Waals surface area contributed by atoms with Gasteiger partial charge in [0.05, 0.1) is 49.0 Å². The maximum Gasteiger partial charge on any atom is 0.316 e. The second-order valence-electron chi connectivity index (χ2n) is 10.9. The highest BCUT2D eigenvalue weighted by atomic mass is 35.5. The topological polar surface area (TPSA) is 146 Å².